The van der Waals surface area contributed by atoms with Crippen LogP contribution in [0.5, 0.6) is 0 Å². The van der Waals surface area contributed by atoms with Gasteiger partial charge in [-0.05, 0) is 48.7 Å². The van der Waals surface area contributed by atoms with Gasteiger partial charge in [0.1, 0.15) is 0 Å². The van der Waals surface area contributed by atoms with E-state index in [0.717, 1.165) is 18.4 Å². The third-order valence-corrected chi connectivity index (χ3v) is 6.31. The number of hydrogen-bond acceptors (Lipinski definition) is 3. The zero-order valence-electron chi connectivity index (χ0n) is 13.6. The molecule has 2 aromatic carbocycles. The largest absolute Gasteiger partial charge is 0.348 e. The first-order chi connectivity index (χ1) is 12.0. The van der Waals surface area contributed by atoms with Gasteiger partial charge in [0.25, 0.3) is 5.91 Å². The molecule has 1 N–H and O–H groups in total. The number of carbonyl (C=O) groups is 1. The second-order valence-corrected chi connectivity index (χ2v) is 8.32. The van der Waals surface area contributed by atoms with Crippen LogP contribution in [0.4, 0.5) is 0 Å². The molecule has 3 rings (SSSR count). The smallest absolute Gasteiger partial charge is 0.251 e. The van der Waals surface area contributed by atoms with Gasteiger partial charge in [0.2, 0.25) is 10.0 Å². The number of nitrogens with one attached hydrogen (secondary N) is 1. The van der Waals surface area contributed by atoms with Crippen LogP contribution in [0.1, 0.15) is 28.8 Å². The standard InChI is InChI=1S/C18H19ClN2O3S/c19-16-5-3-4-15(12-16)18(22)20-13-14-6-8-17(9-7-14)25(23,24)21-10-1-2-11-21/h3-9,12H,1-2,10-11,13H2,(H,20,22). The number of halogens is 1. The minimum absolute atomic E-state index is 0.226. The Bertz CT molecular complexity index is 860. The number of benzene rings is 2. The Morgan fingerprint density at radius 3 is 2.40 bits per heavy atom. The van der Waals surface area contributed by atoms with E-state index in [9.17, 15) is 13.2 Å². The number of carbonyl (C=O) groups excluding carboxylic acids is 1. The molecule has 0 atom stereocenters. The Kier molecular flexibility index (Phi) is 5.42. The number of hydrogen-bond donors (Lipinski definition) is 1. The van der Waals surface area contributed by atoms with E-state index in [4.69, 9.17) is 11.6 Å². The molecule has 0 unspecified atom stereocenters. The highest BCUT2D eigenvalue weighted by Crippen LogP contribution is 2.21. The van der Waals surface area contributed by atoms with Crippen LogP contribution in [-0.2, 0) is 16.6 Å². The lowest BCUT2D eigenvalue weighted by Gasteiger charge is -2.15. The summed E-state index contributed by atoms with van der Waals surface area (Å²) in [6, 6.07) is 13.3. The maximum atomic E-state index is 12.5. The molecule has 0 bridgehead atoms. The van der Waals surface area contributed by atoms with Gasteiger partial charge in [-0.3, -0.25) is 4.79 Å². The van der Waals surface area contributed by atoms with Crippen LogP contribution < -0.4 is 5.32 Å². The summed E-state index contributed by atoms with van der Waals surface area (Å²) in [6.45, 7) is 1.48. The fourth-order valence-electron chi connectivity index (χ4n) is 2.77. The Morgan fingerprint density at radius 1 is 1.08 bits per heavy atom. The van der Waals surface area contributed by atoms with Crippen LogP contribution in [0.25, 0.3) is 0 Å². The lowest BCUT2D eigenvalue weighted by Crippen LogP contribution is -2.28. The molecule has 7 heteroatoms. The molecule has 5 nitrogen and oxygen atoms in total. The van der Waals surface area contributed by atoms with Gasteiger partial charge in [-0.2, -0.15) is 4.31 Å². The van der Waals surface area contributed by atoms with E-state index < -0.39 is 10.0 Å². The van der Waals surface area contributed by atoms with Crippen LogP contribution in [0.15, 0.2) is 53.4 Å². The molecule has 0 radical (unpaired) electrons. The van der Waals surface area contributed by atoms with Crippen LogP contribution in [0.2, 0.25) is 5.02 Å². The van der Waals surface area contributed by atoms with Crippen molar-refractivity contribution < 1.29 is 13.2 Å². The molecular weight excluding hydrogens is 360 g/mol. The third kappa shape index (κ3) is 4.21. The van der Waals surface area contributed by atoms with Crippen LogP contribution in [0.3, 0.4) is 0 Å². The molecule has 1 aliphatic rings. The summed E-state index contributed by atoms with van der Waals surface area (Å²) in [6.07, 6.45) is 1.82. The average Bonchev–Trinajstić information content (AvgIpc) is 3.15. The van der Waals surface area contributed by atoms with Gasteiger partial charge in [-0.15, -0.1) is 0 Å². The first-order valence-corrected chi connectivity index (χ1v) is 9.91. The predicted octanol–water partition coefficient (Wildman–Crippen LogP) is 3.05. The van der Waals surface area contributed by atoms with Crippen molar-refractivity contribution in [3.05, 3.63) is 64.7 Å². The quantitative estimate of drug-likeness (QED) is 0.869. The average molecular weight is 379 g/mol. The Labute approximate surface area is 152 Å². The highest BCUT2D eigenvalue weighted by atomic mass is 35.5. The summed E-state index contributed by atoms with van der Waals surface area (Å²) in [5, 5.41) is 3.30. The van der Waals surface area contributed by atoms with Crippen molar-refractivity contribution in [3.8, 4) is 0 Å². The topological polar surface area (TPSA) is 66.5 Å². The van der Waals surface area contributed by atoms with E-state index in [1.165, 1.54) is 4.31 Å². The first kappa shape index (κ1) is 17.9. The lowest BCUT2D eigenvalue weighted by molar-refractivity contribution is 0.0951. The maximum absolute atomic E-state index is 12.5. The van der Waals surface area contributed by atoms with Crippen LogP contribution in [0, 0.1) is 0 Å². The van der Waals surface area contributed by atoms with Gasteiger partial charge in [0.15, 0.2) is 0 Å². The molecule has 1 fully saturated rings. The van der Waals surface area contributed by atoms with E-state index in [1.807, 2.05) is 0 Å². The van der Waals surface area contributed by atoms with Gasteiger partial charge in [-0.25, -0.2) is 8.42 Å². The Hall–Kier alpha value is -1.89. The van der Waals surface area contributed by atoms with E-state index in [2.05, 4.69) is 5.32 Å². The highest BCUT2D eigenvalue weighted by molar-refractivity contribution is 7.89. The van der Waals surface area contributed by atoms with Crippen molar-refractivity contribution in [1.82, 2.24) is 9.62 Å². The van der Waals surface area contributed by atoms with Crippen molar-refractivity contribution in [1.29, 1.82) is 0 Å². The molecule has 0 saturated carbocycles. The van der Waals surface area contributed by atoms with Crippen molar-refractivity contribution >= 4 is 27.5 Å². The summed E-state index contributed by atoms with van der Waals surface area (Å²) < 4.78 is 26.5. The SMILES string of the molecule is O=C(NCc1ccc(S(=O)(=O)N2CCCC2)cc1)c1cccc(Cl)c1. The number of sulfonamides is 1. The summed E-state index contributed by atoms with van der Waals surface area (Å²) >= 11 is 5.88. The molecule has 1 aliphatic heterocycles. The zero-order valence-corrected chi connectivity index (χ0v) is 15.2. The minimum Gasteiger partial charge on any atom is -0.348 e. The van der Waals surface area contributed by atoms with Gasteiger partial charge in [0.05, 0.1) is 4.90 Å². The Balaban J connectivity index is 1.64. The molecule has 0 spiro atoms. The monoisotopic (exact) mass is 378 g/mol. The maximum Gasteiger partial charge on any atom is 0.251 e. The van der Waals surface area contributed by atoms with Gasteiger partial charge in [0, 0.05) is 30.2 Å². The lowest BCUT2D eigenvalue weighted by atomic mass is 10.2. The van der Waals surface area contributed by atoms with Crippen molar-refractivity contribution in [2.45, 2.75) is 24.3 Å². The summed E-state index contributed by atoms with van der Waals surface area (Å²) in [7, 11) is -3.40. The van der Waals surface area contributed by atoms with Crippen LogP contribution in [-0.4, -0.2) is 31.7 Å². The van der Waals surface area contributed by atoms with E-state index in [-0.39, 0.29) is 5.91 Å². The molecular formula is C18H19ClN2O3S. The first-order valence-electron chi connectivity index (χ1n) is 8.10. The molecule has 0 aromatic heterocycles. The van der Waals surface area contributed by atoms with Gasteiger partial charge in [-0.1, -0.05) is 29.8 Å². The van der Waals surface area contributed by atoms with E-state index in [1.54, 1.807) is 48.5 Å². The third-order valence-electron chi connectivity index (χ3n) is 4.17. The van der Waals surface area contributed by atoms with Gasteiger partial charge >= 0.3 is 0 Å². The zero-order chi connectivity index (χ0) is 17.9. The highest BCUT2D eigenvalue weighted by Gasteiger charge is 2.26. The Morgan fingerprint density at radius 2 is 1.76 bits per heavy atom. The fourth-order valence-corrected chi connectivity index (χ4v) is 4.48. The van der Waals surface area contributed by atoms with E-state index >= 15 is 0 Å². The number of nitrogens with zero attached hydrogens (tertiary/aromatic N) is 1. The molecule has 132 valence electrons. The molecule has 0 aliphatic carbocycles. The molecule has 1 saturated heterocycles. The summed E-state index contributed by atoms with van der Waals surface area (Å²) in [4.78, 5) is 12.4. The van der Waals surface area contributed by atoms with Crippen molar-refractivity contribution in [3.63, 3.8) is 0 Å². The normalized spacial score (nSPS) is 15.2. The summed E-state index contributed by atoms with van der Waals surface area (Å²) in [5.41, 5.74) is 1.32. The molecule has 2 aromatic rings. The molecule has 1 amide bonds. The predicted molar refractivity (Wildman–Crippen MR) is 97.1 cm³/mol. The van der Waals surface area contributed by atoms with Crippen LogP contribution >= 0.6 is 11.6 Å². The van der Waals surface area contributed by atoms with E-state index in [0.29, 0.717) is 35.1 Å². The van der Waals surface area contributed by atoms with Crippen molar-refractivity contribution in [2.24, 2.45) is 0 Å². The minimum atomic E-state index is -3.40. The summed E-state index contributed by atoms with van der Waals surface area (Å²) in [5.74, 6) is -0.226. The number of amides is 1. The molecule has 25 heavy (non-hydrogen) atoms. The number of rotatable bonds is 5. The second-order valence-electron chi connectivity index (χ2n) is 5.95. The molecule has 1 heterocycles. The van der Waals surface area contributed by atoms with Crippen molar-refractivity contribution in [2.75, 3.05) is 13.1 Å². The second kappa shape index (κ2) is 7.56. The van der Waals surface area contributed by atoms with Gasteiger partial charge < -0.3 is 5.32 Å². The fraction of sp³-hybridized carbons (Fsp3) is 0.278.